The fraction of sp³-hybridized carbons (Fsp3) is 0.100. The second-order valence-corrected chi connectivity index (χ2v) is 9.24. The molecule has 0 fully saturated rings. The smallest absolute Gasteiger partial charge is 0.280 e. The number of fused-ring (bicyclic) bond motifs is 1. The van der Waals surface area contributed by atoms with Crippen molar-refractivity contribution in [2.24, 2.45) is 0 Å². The molecule has 3 aromatic heterocycles. The topological polar surface area (TPSA) is 110 Å². The summed E-state index contributed by atoms with van der Waals surface area (Å²) in [6.07, 6.45) is 3.17. The summed E-state index contributed by atoms with van der Waals surface area (Å²) in [6, 6.07) is 11.2. The number of hydrogen-bond donors (Lipinski definition) is 2. The highest BCUT2D eigenvalue weighted by atomic mass is 19.1. The highest BCUT2D eigenvalue weighted by Crippen LogP contribution is 2.31. The van der Waals surface area contributed by atoms with Gasteiger partial charge in [0.15, 0.2) is 23.0 Å². The molecule has 0 aliphatic carbocycles. The summed E-state index contributed by atoms with van der Waals surface area (Å²) in [5.74, 6) is -1.84. The number of aryl methyl sites for hydroxylation is 2. The van der Waals surface area contributed by atoms with Crippen molar-refractivity contribution in [3.05, 3.63) is 112 Å². The van der Waals surface area contributed by atoms with Crippen LogP contribution in [0.3, 0.4) is 0 Å². The van der Waals surface area contributed by atoms with Gasteiger partial charge in [-0.25, -0.2) is 8.78 Å². The zero-order valence-electron chi connectivity index (χ0n) is 21.8. The normalized spacial score (nSPS) is 10.9. The van der Waals surface area contributed by atoms with Gasteiger partial charge in [0.05, 0.1) is 11.1 Å². The van der Waals surface area contributed by atoms with Gasteiger partial charge in [-0.1, -0.05) is 12.6 Å². The van der Waals surface area contributed by atoms with E-state index in [0.717, 1.165) is 17.2 Å². The number of nitrogens with one attached hydrogen (secondary N) is 2. The minimum Gasteiger partial charge on any atom is -0.452 e. The molecule has 10 heteroatoms. The molecule has 3 heterocycles. The van der Waals surface area contributed by atoms with E-state index in [4.69, 9.17) is 4.74 Å². The van der Waals surface area contributed by atoms with Gasteiger partial charge < -0.3 is 10.1 Å². The van der Waals surface area contributed by atoms with E-state index in [1.165, 1.54) is 36.5 Å². The second kappa shape index (κ2) is 10.5. The van der Waals surface area contributed by atoms with Crippen LogP contribution < -0.4 is 15.5 Å². The van der Waals surface area contributed by atoms with Crippen LogP contribution in [-0.4, -0.2) is 26.1 Å². The Labute approximate surface area is 227 Å². The number of aromatic amines is 1. The van der Waals surface area contributed by atoms with Crippen molar-refractivity contribution in [1.82, 2.24) is 20.2 Å². The fourth-order valence-electron chi connectivity index (χ4n) is 4.21. The van der Waals surface area contributed by atoms with Crippen LogP contribution in [0.4, 0.5) is 14.5 Å². The summed E-state index contributed by atoms with van der Waals surface area (Å²) in [7, 11) is 0. The minimum absolute atomic E-state index is 0.0833. The zero-order valence-corrected chi connectivity index (χ0v) is 21.8. The van der Waals surface area contributed by atoms with Crippen molar-refractivity contribution < 1.29 is 18.3 Å². The molecular weight excluding hydrogens is 516 g/mol. The van der Waals surface area contributed by atoms with Gasteiger partial charge in [0.2, 0.25) is 5.43 Å². The molecule has 5 rings (SSSR count). The van der Waals surface area contributed by atoms with Crippen LogP contribution in [-0.2, 0) is 0 Å². The lowest BCUT2D eigenvalue weighted by molar-refractivity contribution is 0.102. The lowest BCUT2D eigenvalue weighted by Gasteiger charge is -2.12. The molecule has 2 N–H and O–H groups in total. The van der Waals surface area contributed by atoms with E-state index < -0.39 is 28.7 Å². The number of benzene rings is 2. The molecule has 0 atom stereocenters. The first kappa shape index (κ1) is 26.4. The zero-order chi connectivity index (χ0) is 28.6. The van der Waals surface area contributed by atoms with E-state index in [2.05, 4.69) is 32.1 Å². The number of H-pyrrole nitrogens is 1. The van der Waals surface area contributed by atoms with Gasteiger partial charge in [-0.05, 0) is 73.4 Å². The molecule has 40 heavy (non-hydrogen) atoms. The first-order chi connectivity index (χ1) is 19.1. The Morgan fingerprint density at radius 2 is 1.82 bits per heavy atom. The number of rotatable bonds is 6. The molecule has 1 amide bonds. The van der Waals surface area contributed by atoms with Gasteiger partial charge in [-0.3, -0.25) is 24.7 Å². The predicted octanol–water partition coefficient (Wildman–Crippen LogP) is 6.35. The predicted molar refractivity (Wildman–Crippen MR) is 148 cm³/mol. The van der Waals surface area contributed by atoms with Gasteiger partial charge in [0, 0.05) is 35.9 Å². The minimum atomic E-state index is -0.840. The molecule has 8 nitrogen and oxygen atoms in total. The number of carbonyl (C=O) groups excluding carboxylic acids is 1. The molecule has 0 aliphatic heterocycles. The summed E-state index contributed by atoms with van der Waals surface area (Å²) in [6.45, 7) is 9.05. The van der Waals surface area contributed by atoms with Crippen molar-refractivity contribution in [2.45, 2.75) is 20.8 Å². The average Bonchev–Trinajstić information content (AvgIpc) is 2.91. The molecule has 2 aromatic carbocycles. The van der Waals surface area contributed by atoms with Gasteiger partial charge in [-0.2, -0.15) is 5.10 Å². The van der Waals surface area contributed by atoms with Crippen LogP contribution in [0.15, 0.2) is 72.3 Å². The fourth-order valence-corrected chi connectivity index (χ4v) is 4.21. The number of carbonyl (C=O) groups is 1. The highest BCUT2D eigenvalue weighted by Gasteiger charge is 2.21. The third kappa shape index (κ3) is 5.06. The molecular formula is C30H23F2N5O3. The molecule has 0 bridgehead atoms. The van der Waals surface area contributed by atoms with Crippen LogP contribution in [0, 0.1) is 25.5 Å². The molecule has 0 unspecified atom stereocenters. The largest absolute Gasteiger partial charge is 0.452 e. The lowest BCUT2D eigenvalue weighted by Crippen LogP contribution is -2.26. The maximum atomic E-state index is 15.0. The number of halogens is 2. The Hall–Kier alpha value is -5.25. The van der Waals surface area contributed by atoms with Gasteiger partial charge in [0.1, 0.15) is 11.3 Å². The standard InChI is InChI=1S/C30H23F2N5O3/c1-15(2)18-12-23-27(34-14-18)25(9-10-33-23)40-24-8-6-20(13-22(24)32)35-30(39)28-29(38)26(17(4)36-37-28)21-7-5-19(31)11-16(21)3/h5-14H,1H2,2-4H3,(H,35,39)(H,36,38). The third-order valence-electron chi connectivity index (χ3n) is 6.27. The molecule has 0 radical (unpaired) electrons. The van der Waals surface area contributed by atoms with E-state index in [9.17, 15) is 14.0 Å². The maximum absolute atomic E-state index is 15.0. The summed E-state index contributed by atoms with van der Waals surface area (Å²) in [5.41, 5.74) is 3.29. The lowest BCUT2D eigenvalue weighted by atomic mass is 9.98. The van der Waals surface area contributed by atoms with Crippen LogP contribution in [0.2, 0.25) is 0 Å². The number of aromatic nitrogens is 4. The molecule has 200 valence electrons. The number of ether oxygens (including phenoxy) is 1. The quantitative estimate of drug-likeness (QED) is 0.260. The van der Waals surface area contributed by atoms with Gasteiger partial charge >= 0.3 is 0 Å². The molecule has 0 saturated carbocycles. The van der Waals surface area contributed by atoms with Gasteiger partial charge in [0.25, 0.3) is 5.91 Å². The van der Waals surface area contributed by atoms with Crippen molar-refractivity contribution >= 4 is 28.2 Å². The number of amides is 1. The van der Waals surface area contributed by atoms with E-state index in [0.29, 0.717) is 33.6 Å². The van der Waals surface area contributed by atoms with Crippen molar-refractivity contribution in [2.75, 3.05) is 5.32 Å². The van der Waals surface area contributed by atoms with Crippen molar-refractivity contribution in [3.8, 4) is 22.6 Å². The summed E-state index contributed by atoms with van der Waals surface area (Å²) in [5, 5.41) is 9.05. The maximum Gasteiger partial charge on any atom is 0.280 e. The Morgan fingerprint density at radius 1 is 1.02 bits per heavy atom. The number of hydrogen-bond acceptors (Lipinski definition) is 6. The number of allylic oxidation sites excluding steroid dienone is 1. The summed E-state index contributed by atoms with van der Waals surface area (Å²) in [4.78, 5) is 34.8. The average molecular weight is 540 g/mol. The summed E-state index contributed by atoms with van der Waals surface area (Å²) >= 11 is 0. The highest BCUT2D eigenvalue weighted by molar-refractivity contribution is 6.03. The van der Waals surface area contributed by atoms with Crippen LogP contribution in [0.1, 0.15) is 34.2 Å². The monoisotopic (exact) mass is 539 g/mol. The SMILES string of the molecule is C=C(C)c1cnc2c(Oc3ccc(NC(=O)c4n[nH]c(C)c(-c5ccc(F)cc5C)c4=O)cc3F)ccnc2c1. The Bertz CT molecular complexity index is 1880. The van der Waals surface area contributed by atoms with Crippen molar-refractivity contribution in [1.29, 1.82) is 0 Å². The first-order valence-electron chi connectivity index (χ1n) is 12.2. The Morgan fingerprint density at radius 3 is 2.55 bits per heavy atom. The third-order valence-corrected chi connectivity index (χ3v) is 6.27. The van der Waals surface area contributed by atoms with E-state index in [1.807, 2.05) is 13.0 Å². The number of pyridine rings is 2. The Balaban J connectivity index is 1.40. The van der Waals surface area contributed by atoms with Crippen LogP contribution in [0.5, 0.6) is 11.5 Å². The van der Waals surface area contributed by atoms with E-state index >= 15 is 4.39 Å². The number of anilines is 1. The number of nitrogens with zero attached hydrogens (tertiary/aromatic N) is 3. The molecule has 5 aromatic rings. The molecule has 0 spiro atoms. The first-order valence-corrected chi connectivity index (χ1v) is 12.2. The van der Waals surface area contributed by atoms with Crippen LogP contribution in [0.25, 0.3) is 27.7 Å². The van der Waals surface area contributed by atoms with E-state index in [1.54, 1.807) is 26.1 Å². The molecule has 0 aliphatic rings. The van der Waals surface area contributed by atoms with E-state index in [-0.39, 0.29) is 17.0 Å². The second-order valence-electron chi connectivity index (χ2n) is 9.24. The van der Waals surface area contributed by atoms with Crippen molar-refractivity contribution in [3.63, 3.8) is 0 Å². The Kier molecular flexibility index (Phi) is 6.91. The van der Waals surface area contributed by atoms with Gasteiger partial charge in [-0.15, -0.1) is 0 Å². The molecule has 0 saturated heterocycles. The summed E-state index contributed by atoms with van der Waals surface area (Å²) < 4.78 is 34.4. The van der Waals surface area contributed by atoms with Crippen LogP contribution >= 0.6 is 0 Å².